The Morgan fingerprint density at radius 2 is 2.10 bits per heavy atom. The van der Waals surface area contributed by atoms with E-state index in [9.17, 15) is 9.18 Å². The van der Waals surface area contributed by atoms with Gasteiger partial charge in [0.25, 0.3) is 5.91 Å². The van der Waals surface area contributed by atoms with Gasteiger partial charge in [-0.3, -0.25) is 9.48 Å². The fourth-order valence-corrected chi connectivity index (χ4v) is 4.12. The van der Waals surface area contributed by atoms with Crippen LogP contribution in [0, 0.1) is 12.7 Å². The van der Waals surface area contributed by atoms with Gasteiger partial charge in [0, 0.05) is 61.9 Å². The van der Waals surface area contributed by atoms with Gasteiger partial charge in [-0.05, 0) is 25.5 Å². The van der Waals surface area contributed by atoms with E-state index in [0.29, 0.717) is 22.5 Å². The molecule has 1 aromatic carbocycles. The summed E-state index contributed by atoms with van der Waals surface area (Å²) in [6.07, 6.45) is 6.20. The van der Waals surface area contributed by atoms with Crippen molar-refractivity contribution in [2.45, 2.75) is 19.4 Å². The fraction of sp³-hybridized carbons (Fsp3) is 0.286. The smallest absolute Gasteiger partial charge is 0.257 e. The lowest BCUT2D eigenvalue weighted by Crippen LogP contribution is -2.26. The Balaban J connectivity index is 0.00000231. The minimum Gasteiger partial charge on any atom is -0.369 e. The number of carbonyl (C=O) groups is 1. The lowest BCUT2D eigenvalue weighted by atomic mass is 10.1. The zero-order valence-electron chi connectivity index (χ0n) is 17.2. The van der Waals surface area contributed by atoms with Crippen molar-refractivity contribution in [3.05, 3.63) is 53.9 Å². The number of benzene rings is 1. The predicted molar refractivity (Wildman–Crippen MR) is 121 cm³/mol. The predicted octanol–water partition coefficient (Wildman–Crippen LogP) is 2.88. The van der Waals surface area contributed by atoms with E-state index in [1.54, 1.807) is 34.5 Å². The second-order valence-corrected chi connectivity index (χ2v) is 7.84. The molecule has 8 nitrogen and oxygen atoms in total. The summed E-state index contributed by atoms with van der Waals surface area (Å²) in [5, 5.41) is 8.19. The molecule has 1 aliphatic heterocycles. The van der Waals surface area contributed by atoms with Crippen LogP contribution in [0.25, 0.3) is 16.6 Å². The van der Waals surface area contributed by atoms with E-state index in [2.05, 4.69) is 20.3 Å². The number of amides is 1. The summed E-state index contributed by atoms with van der Waals surface area (Å²) in [5.41, 5.74) is 9.39. The molecule has 10 heteroatoms. The normalized spacial score (nSPS) is 16.1. The molecule has 0 bridgehead atoms. The first-order valence-corrected chi connectivity index (χ1v) is 9.82. The zero-order valence-corrected chi connectivity index (χ0v) is 18.0. The van der Waals surface area contributed by atoms with Crippen molar-refractivity contribution in [3.8, 4) is 0 Å². The average molecular weight is 444 g/mol. The molecular formula is C21H23ClFN7O. The minimum atomic E-state index is -0.496. The van der Waals surface area contributed by atoms with Crippen LogP contribution in [0.2, 0.25) is 0 Å². The zero-order chi connectivity index (χ0) is 21.0. The van der Waals surface area contributed by atoms with E-state index in [4.69, 9.17) is 5.73 Å². The van der Waals surface area contributed by atoms with Gasteiger partial charge in [-0.15, -0.1) is 12.4 Å². The van der Waals surface area contributed by atoms with Crippen molar-refractivity contribution < 1.29 is 9.18 Å². The Morgan fingerprint density at radius 1 is 1.29 bits per heavy atom. The molecule has 162 valence electrons. The number of rotatable bonds is 3. The number of fused-ring (bicyclic) bond motifs is 2. The van der Waals surface area contributed by atoms with Crippen molar-refractivity contribution in [1.82, 2.24) is 19.2 Å². The van der Waals surface area contributed by atoms with Gasteiger partial charge in [-0.1, -0.05) is 0 Å². The van der Waals surface area contributed by atoms with Crippen molar-refractivity contribution in [2.75, 3.05) is 23.3 Å². The molecular weight excluding hydrogens is 421 g/mol. The summed E-state index contributed by atoms with van der Waals surface area (Å²) in [6.45, 7) is 3.44. The highest BCUT2D eigenvalue weighted by atomic mass is 35.5. The summed E-state index contributed by atoms with van der Waals surface area (Å²) in [4.78, 5) is 19.4. The standard InChI is InChI=1S/C21H22FN7O.ClH/c1-12-8-29-10-14(7-17(22)20(29)24-12)25-21(30)15-3-4-18(28-6-5-13(23)9-28)16-11-27(2)26-19(15)16;/h3-4,7-8,10-11,13H,5-6,9,23H2,1-2H3,(H,25,30);1H/t13-;/m1./s1. The van der Waals surface area contributed by atoms with Gasteiger partial charge in [0.1, 0.15) is 5.52 Å². The highest BCUT2D eigenvalue weighted by molar-refractivity contribution is 6.13. The highest BCUT2D eigenvalue weighted by Gasteiger charge is 2.24. The van der Waals surface area contributed by atoms with Crippen LogP contribution in [0.5, 0.6) is 0 Å². The monoisotopic (exact) mass is 443 g/mol. The van der Waals surface area contributed by atoms with Crippen LogP contribution in [0.1, 0.15) is 22.5 Å². The number of hydrogen-bond acceptors (Lipinski definition) is 5. The van der Waals surface area contributed by atoms with Gasteiger partial charge in [0.2, 0.25) is 0 Å². The number of aromatic nitrogens is 4. The fourth-order valence-electron chi connectivity index (χ4n) is 4.12. The van der Waals surface area contributed by atoms with Crippen molar-refractivity contribution in [3.63, 3.8) is 0 Å². The topological polar surface area (TPSA) is 93.5 Å². The summed E-state index contributed by atoms with van der Waals surface area (Å²) in [5.74, 6) is -0.844. The first kappa shape index (κ1) is 21.1. The molecule has 1 atom stereocenters. The molecule has 1 aliphatic rings. The van der Waals surface area contributed by atoms with Crippen molar-refractivity contribution >= 4 is 46.2 Å². The number of nitrogens with two attached hydrogens (primary N) is 1. The number of halogens is 2. The highest BCUT2D eigenvalue weighted by Crippen LogP contribution is 2.31. The quantitative estimate of drug-likeness (QED) is 0.508. The number of hydrogen-bond donors (Lipinski definition) is 2. The first-order chi connectivity index (χ1) is 14.4. The molecule has 0 spiro atoms. The number of pyridine rings is 1. The average Bonchev–Trinajstić information content (AvgIpc) is 3.38. The van der Waals surface area contributed by atoms with E-state index in [0.717, 1.165) is 30.6 Å². The summed E-state index contributed by atoms with van der Waals surface area (Å²) >= 11 is 0. The molecule has 3 aromatic heterocycles. The van der Waals surface area contributed by atoms with Crippen molar-refractivity contribution in [2.24, 2.45) is 12.8 Å². The maximum atomic E-state index is 14.4. The minimum absolute atomic E-state index is 0. The first-order valence-electron chi connectivity index (χ1n) is 9.82. The maximum absolute atomic E-state index is 14.4. The third-order valence-corrected chi connectivity index (χ3v) is 5.46. The molecule has 0 aliphatic carbocycles. The van der Waals surface area contributed by atoms with Crippen LogP contribution < -0.4 is 16.0 Å². The molecule has 1 amide bonds. The van der Waals surface area contributed by atoms with Gasteiger partial charge >= 0.3 is 0 Å². The molecule has 0 unspecified atom stereocenters. The molecule has 4 heterocycles. The maximum Gasteiger partial charge on any atom is 0.257 e. The van der Waals surface area contributed by atoms with Crippen LogP contribution in [-0.2, 0) is 7.05 Å². The number of aryl methyl sites for hydroxylation is 2. The van der Waals surface area contributed by atoms with Gasteiger partial charge in [0.05, 0.1) is 16.9 Å². The molecule has 0 radical (unpaired) electrons. The van der Waals surface area contributed by atoms with E-state index in [1.807, 2.05) is 19.3 Å². The molecule has 1 saturated heterocycles. The van der Waals surface area contributed by atoms with Crippen molar-refractivity contribution in [1.29, 1.82) is 0 Å². The molecule has 5 rings (SSSR count). The van der Waals surface area contributed by atoms with Crippen LogP contribution in [0.15, 0.2) is 36.8 Å². The Kier molecular flexibility index (Phi) is 5.32. The molecule has 3 N–H and O–H groups in total. The van der Waals surface area contributed by atoms with Crippen LogP contribution in [0.4, 0.5) is 15.8 Å². The lowest BCUT2D eigenvalue weighted by Gasteiger charge is -2.19. The number of anilines is 2. The largest absolute Gasteiger partial charge is 0.369 e. The number of carbonyl (C=O) groups excluding carboxylic acids is 1. The third kappa shape index (κ3) is 3.70. The molecule has 0 saturated carbocycles. The van der Waals surface area contributed by atoms with E-state index >= 15 is 0 Å². The van der Waals surface area contributed by atoms with Gasteiger partial charge in [0.15, 0.2) is 11.5 Å². The Labute approximate surface area is 184 Å². The number of nitrogens with one attached hydrogen (secondary N) is 1. The second kappa shape index (κ2) is 7.82. The Morgan fingerprint density at radius 3 is 2.84 bits per heavy atom. The summed E-state index contributed by atoms with van der Waals surface area (Å²) in [6, 6.07) is 5.12. The second-order valence-electron chi connectivity index (χ2n) is 7.84. The lowest BCUT2D eigenvalue weighted by molar-refractivity contribution is 0.102. The number of imidazole rings is 1. The Bertz CT molecular complexity index is 1300. The number of nitrogens with zero attached hydrogens (tertiary/aromatic N) is 5. The van der Waals surface area contributed by atoms with Crippen LogP contribution in [-0.4, -0.2) is 44.2 Å². The van der Waals surface area contributed by atoms with Gasteiger partial charge in [-0.25, -0.2) is 9.37 Å². The Hall–Kier alpha value is -3.17. The van der Waals surface area contributed by atoms with E-state index in [-0.39, 0.29) is 30.0 Å². The summed E-state index contributed by atoms with van der Waals surface area (Å²) < 4.78 is 17.6. The molecule has 31 heavy (non-hydrogen) atoms. The van der Waals surface area contributed by atoms with Gasteiger partial charge in [-0.2, -0.15) is 5.10 Å². The van der Waals surface area contributed by atoms with E-state index in [1.165, 1.54) is 6.07 Å². The van der Waals surface area contributed by atoms with E-state index < -0.39 is 5.82 Å². The third-order valence-electron chi connectivity index (χ3n) is 5.46. The van der Waals surface area contributed by atoms with Crippen LogP contribution >= 0.6 is 12.4 Å². The summed E-state index contributed by atoms with van der Waals surface area (Å²) in [7, 11) is 1.83. The van der Waals surface area contributed by atoms with Crippen LogP contribution in [0.3, 0.4) is 0 Å². The van der Waals surface area contributed by atoms with Gasteiger partial charge < -0.3 is 20.4 Å². The molecule has 1 fully saturated rings. The SMILES string of the molecule is Cc1cn2cc(NC(=O)c3ccc(N4CC[C@@H](N)C4)c4cn(C)nc34)cc(F)c2n1.Cl. The molecule has 4 aromatic rings.